The predicted molar refractivity (Wildman–Crippen MR) is 81.8 cm³/mol. The van der Waals surface area contributed by atoms with E-state index in [0.717, 1.165) is 4.47 Å². The molecule has 1 aromatic carbocycles. The van der Waals surface area contributed by atoms with Gasteiger partial charge in [0.2, 0.25) is 0 Å². The van der Waals surface area contributed by atoms with Crippen molar-refractivity contribution in [2.75, 3.05) is 7.05 Å². The third-order valence-corrected chi connectivity index (χ3v) is 5.26. The molecule has 0 amide bonds. The van der Waals surface area contributed by atoms with Crippen LogP contribution >= 0.6 is 43.2 Å². The van der Waals surface area contributed by atoms with Crippen LogP contribution in [0.2, 0.25) is 0 Å². The third kappa shape index (κ3) is 2.99. The molecule has 17 heavy (non-hydrogen) atoms. The summed E-state index contributed by atoms with van der Waals surface area (Å²) >= 11 is 8.81. The number of hydrogen-bond donors (Lipinski definition) is 1. The van der Waals surface area contributed by atoms with Crippen LogP contribution in [0, 0.1) is 6.92 Å². The minimum Gasteiger partial charge on any atom is -0.309 e. The lowest BCUT2D eigenvalue weighted by molar-refractivity contribution is 0.703. The molecule has 1 aromatic heterocycles. The first-order valence-electron chi connectivity index (χ1n) is 5.30. The highest BCUT2D eigenvalue weighted by atomic mass is 79.9. The van der Waals surface area contributed by atoms with Crippen molar-refractivity contribution in [3.63, 3.8) is 0 Å². The van der Waals surface area contributed by atoms with E-state index in [4.69, 9.17) is 0 Å². The molecule has 90 valence electrons. The van der Waals surface area contributed by atoms with E-state index >= 15 is 0 Å². The van der Waals surface area contributed by atoms with Crippen LogP contribution in [0.4, 0.5) is 0 Å². The second-order valence-corrected chi connectivity index (χ2v) is 7.22. The average molecular weight is 375 g/mol. The van der Waals surface area contributed by atoms with Crippen LogP contribution in [0.15, 0.2) is 38.6 Å². The van der Waals surface area contributed by atoms with Gasteiger partial charge in [-0.25, -0.2) is 0 Å². The molecule has 1 heterocycles. The number of aryl methyl sites for hydroxylation is 1. The summed E-state index contributed by atoms with van der Waals surface area (Å²) in [6.07, 6.45) is 0. The summed E-state index contributed by atoms with van der Waals surface area (Å²) in [7, 11) is 2.00. The highest BCUT2D eigenvalue weighted by molar-refractivity contribution is 9.11. The van der Waals surface area contributed by atoms with Crippen molar-refractivity contribution in [1.29, 1.82) is 0 Å². The molecule has 0 saturated heterocycles. The van der Waals surface area contributed by atoms with Gasteiger partial charge in [-0.2, -0.15) is 0 Å². The van der Waals surface area contributed by atoms with Crippen molar-refractivity contribution in [3.05, 3.63) is 54.6 Å². The molecule has 2 rings (SSSR count). The SMILES string of the molecule is CNC(c1ccc(Br)c(C)c1)c1ccc(Br)s1. The third-order valence-electron chi connectivity index (χ3n) is 2.68. The monoisotopic (exact) mass is 373 g/mol. The molecule has 2 aromatic rings. The summed E-state index contributed by atoms with van der Waals surface area (Å²) < 4.78 is 2.32. The van der Waals surface area contributed by atoms with Crippen molar-refractivity contribution in [3.8, 4) is 0 Å². The highest BCUT2D eigenvalue weighted by Gasteiger charge is 2.14. The lowest BCUT2D eigenvalue weighted by Crippen LogP contribution is -2.16. The van der Waals surface area contributed by atoms with E-state index < -0.39 is 0 Å². The van der Waals surface area contributed by atoms with Crippen molar-refractivity contribution in [1.82, 2.24) is 5.32 Å². The van der Waals surface area contributed by atoms with Crippen LogP contribution in [0.1, 0.15) is 22.0 Å². The molecule has 0 radical (unpaired) electrons. The number of nitrogens with one attached hydrogen (secondary N) is 1. The average Bonchev–Trinajstić information content (AvgIpc) is 2.71. The Kier molecular flexibility index (Phi) is 4.42. The molecular weight excluding hydrogens is 362 g/mol. The van der Waals surface area contributed by atoms with Gasteiger partial charge >= 0.3 is 0 Å². The number of rotatable bonds is 3. The number of halogens is 2. The Morgan fingerprint density at radius 1 is 1.18 bits per heavy atom. The van der Waals surface area contributed by atoms with Gasteiger partial charge < -0.3 is 5.32 Å². The van der Waals surface area contributed by atoms with Gasteiger partial charge in [0.1, 0.15) is 0 Å². The first-order chi connectivity index (χ1) is 8.11. The van der Waals surface area contributed by atoms with Gasteiger partial charge in [-0.1, -0.05) is 28.1 Å². The molecule has 4 heteroatoms. The zero-order valence-electron chi connectivity index (χ0n) is 9.63. The topological polar surface area (TPSA) is 12.0 Å². The first-order valence-corrected chi connectivity index (χ1v) is 7.70. The minimum atomic E-state index is 0.262. The van der Waals surface area contributed by atoms with Crippen LogP contribution in [-0.2, 0) is 0 Å². The summed E-state index contributed by atoms with van der Waals surface area (Å²) in [5.41, 5.74) is 2.56. The maximum Gasteiger partial charge on any atom is 0.0702 e. The van der Waals surface area contributed by atoms with Gasteiger partial charge in [0, 0.05) is 9.35 Å². The molecule has 1 unspecified atom stereocenters. The largest absolute Gasteiger partial charge is 0.309 e. The van der Waals surface area contributed by atoms with E-state index in [1.54, 1.807) is 11.3 Å². The maximum absolute atomic E-state index is 3.54. The molecule has 0 aliphatic heterocycles. The van der Waals surface area contributed by atoms with Crippen LogP contribution in [0.3, 0.4) is 0 Å². The zero-order chi connectivity index (χ0) is 12.4. The van der Waals surface area contributed by atoms with E-state index in [1.807, 2.05) is 7.05 Å². The number of hydrogen-bond acceptors (Lipinski definition) is 2. The van der Waals surface area contributed by atoms with Crippen molar-refractivity contribution >= 4 is 43.2 Å². The molecule has 1 N–H and O–H groups in total. The first kappa shape index (κ1) is 13.3. The summed E-state index contributed by atoms with van der Waals surface area (Å²) in [5, 5.41) is 3.37. The Bertz CT molecular complexity index is 522. The Balaban J connectivity index is 2.38. The normalized spacial score (nSPS) is 12.7. The molecule has 0 aliphatic carbocycles. The van der Waals surface area contributed by atoms with Gasteiger partial charge in [-0.3, -0.25) is 0 Å². The van der Waals surface area contributed by atoms with Crippen LogP contribution in [0.25, 0.3) is 0 Å². The summed E-state index contributed by atoms with van der Waals surface area (Å²) in [6.45, 7) is 2.12. The van der Waals surface area contributed by atoms with E-state index in [9.17, 15) is 0 Å². The summed E-state index contributed by atoms with van der Waals surface area (Å²) in [4.78, 5) is 1.32. The fourth-order valence-electron chi connectivity index (χ4n) is 1.80. The fraction of sp³-hybridized carbons (Fsp3) is 0.231. The number of thiophene rings is 1. The summed E-state index contributed by atoms with van der Waals surface area (Å²) in [6, 6.07) is 11.0. The molecule has 0 bridgehead atoms. The molecular formula is C13H13Br2NS. The van der Waals surface area contributed by atoms with Crippen LogP contribution in [0.5, 0.6) is 0 Å². The molecule has 0 aliphatic rings. The standard InChI is InChI=1S/C13H13Br2NS/c1-8-7-9(3-4-10(8)14)13(16-2)11-5-6-12(15)17-11/h3-7,13,16H,1-2H3. The van der Waals surface area contributed by atoms with Gasteiger partial charge in [-0.15, -0.1) is 11.3 Å². The van der Waals surface area contributed by atoms with Gasteiger partial charge in [0.05, 0.1) is 9.83 Å². The van der Waals surface area contributed by atoms with Crippen molar-refractivity contribution in [2.24, 2.45) is 0 Å². The van der Waals surface area contributed by atoms with Crippen LogP contribution in [-0.4, -0.2) is 7.05 Å². The Morgan fingerprint density at radius 3 is 2.47 bits per heavy atom. The minimum absolute atomic E-state index is 0.262. The van der Waals surface area contributed by atoms with Crippen LogP contribution < -0.4 is 5.32 Å². The smallest absolute Gasteiger partial charge is 0.0702 e. The van der Waals surface area contributed by atoms with E-state index in [-0.39, 0.29) is 6.04 Å². The quantitative estimate of drug-likeness (QED) is 0.806. The Morgan fingerprint density at radius 2 is 1.94 bits per heavy atom. The molecule has 1 atom stereocenters. The maximum atomic E-state index is 3.54. The zero-order valence-corrected chi connectivity index (χ0v) is 13.6. The molecule has 0 fully saturated rings. The molecule has 1 nitrogen and oxygen atoms in total. The Hall–Kier alpha value is -0.160. The second-order valence-electron chi connectivity index (χ2n) is 3.87. The lowest BCUT2D eigenvalue weighted by atomic mass is 10.0. The van der Waals surface area contributed by atoms with Gasteiger partial charge in [0.15, 0.2) is 0 Å². The van der Waals surface area contributed by atoms with E-state index in [1.165, 1.54) is 19.8 Å². The predicted octanol–water partition coefficient (Wildman–Crippen LogP) is 4.89. The Labute approximate surface area is 123 Å². The van der Waals surface area contributed by atoms with E-state index in [2.05, 4.69) is 74.4 Å². The fourth-order valence-corrected chi connectivity index (χ4v) is 3.61. The van der Waals surface area contributed by atoms with Crippen molar-refractivity contribution in [2.45, 2.75) is 13.0 Å². The summed E-state index contributed by atoms with van der Waals surface area (Å²) in [5.74, 6) is 0. The molecule has 0 saturated carbocycles. The van der Waals surface area contributed by atoms with Gasteiger partial charge in [-0.05, 0) is 59.2 Å². The lowest BCUT2D eigenvalue weighted by Gasteiger charge is -2.16. The highest BCUT2D eigenvalue weighted by Crippen LogP contribution is 2.32. The molecule has 0 spiro atoms. The second kappa shape index (κ2) is 5.65. The van der Waals surface area contributed by atoms with Crippen molar-refractivity contribution < 1.29 is 0 Å². The van der Waals surface area contributed by atoms with Gasteiger partial charge in [0.25, 0.3) is 0 Å². The number of benzene rings is 1. The van der Waals surface area contributed by atoms with E-state index in [0.29, 0.717) is 0 Å².